The Hall–Kier alpha value is -1.36. The number of aryl methyl sites for hydroxylation is 1. The predicted molar refractivity (Wildman–Crippen MR) is 142 cm³/mol. The van der Waals surface area contributed by atoms with E-state index in [0.717, 1.165) is 62.1 Å². The second-order valence-electron chi connectivity index (χ2n) is 8.56. The number of likely N-dealkylation sites (tertiary alicyclic amines) is 1. The van der Waals surface area contributed by atoms with Crippen LogP contribution in [0.3, 0.4) is 0 Å². The van der Waals surface area contributed by atoms with Crippen molar-refractivity contribution < 1.29 is 5.11 Å². The Morgan fingerprint density at radius 3 is 2.62 bits per heavy atom. The minimum atomic E-state index is -1.05. The van der Waals surface area contributed by atoms with E-state index in [1.807, 2.05) is 38.4 Å². The summed E-state index contributed by atoms with van der Waals surface area (Å²) in [6, 6.07) is 8.09. The van der Waals surface area contributed by atoms with Crippen molar-refractivity contribution in [3.8, 4) is 0 Å². The van der Waals surface area contributed by atoms with Gasteiger partial charge in [0.25, 0.3) is 0 Å². The van der Waals surface area contributed by atoms with E-state index in [4.69, 9.17) is 11.6 Å². The zero-order valence-corrected chi connectivity index (χ0v) is 22.3. The number of benzene rings is 1. The Labute approximate surface area is 213 Å². The van der Waals surface area contributed by atoms with E-state index >= 15 is 0 Å². The number of nitrogens with zero attached hydrogens (tertiary/aromatic N) is 4. The van der Waals surface area contributed by atoms with Crippen LogP contribution in [-0.4, -0.2) is 58.5 Å². The molecule has 1 fully saturated rings. The Kier molecular flexibility index (Phi) is 10.7. The molecular formula is C23H36ClIN6O. The highest BCUT2D eigenvalue weighted by atomic mass is 127. The lowest BCUT2D eigenvalue weighted by atomic mass is 9.96. The summed E-state index contributed by atoms with van der Waals surface area (Å²) in [6.45, 7) is 8.78. The van der Waals surface area contributed by atoms with Gasteiger partial charge in [-0.05, 0) is 57.3 Å². The fraction of sp³-hybridized carbons (Fsp3) is 0.565. The van der Waals surface area contributed by atoms with E-state index < -0.39 is 5.60 Å². The number of guanidine groups is 1. The quantitative estimate of drug-likeness (QED) is 0.256. The average Bonchev–Trinajstić information content (AvgIpc) is 3.20. The molecule has 0 aliphatic carbocycles. The fourth-order valence-electron chi connectivity index (χ4n) is 3.82. The van der Waals surface area contributed by atoms with Gasteiger partial charge in [-0.1, -0.05) is 29.8 Å². The maximum Gasteiger partial charge on any atom is 0.191 e. The van der Waals surface area contributed by atoms with Crippen LogP contribution in [0.4, 0.5) is 0 Å². The molecule has 1 aromatic carbocycles. The van der Waals surface area contributed by atoms with Crippen LogP contribution < -0.4 is 10.6 Å². The molecule has 1 aliphatic rings. The van der Waals surface area contributed by atoms with Crippen LogP contribution >= 0.6 is 35.6 Å². The largest absolute Gasteiger partial charge is 0.383 e. The number of aliphatic hydroxyl groups is 1. The van der Waals surface area contributed by atoms with Crippen LogP contribution in [0.5, 0.6) is 0 Å². The van der Waals surface area contributed by atoms with Crippen LogP contribution in [0.25, 0.3) is 0 Å². The summed E-state index contributed by atoms with van der Waals surface area (Å²) < 4.78 is 1.69. The van der Waals surface area contributed by atoms with Crippen LogP contribution in [-0.2, 0) is 19.2 Å². The number of nitrogens with one attached hydrogen (secondary N) is 2. The van der Waals surface area contributed by atoms with Gasteiger partial charge in [0.1, 0.15) is 5.60 Å². The second kappa shape index (κ2) is 12.8. The van der Waals surface area contributed by atoms with Gasteiger partial charge in [0.15, 0.2) is 5.96 Å². The molecule has 0 spiro atoms. The zero-order chi connectivity index (χ0) is 22.3. The molecule has 178 valence electrons. The average molecular weight is 575 g/mol. The van der Waals surface area contributed by atoms with Gasteiger partial charge in [0.2, 0.25) is 0 Å². The lowest BCUT2D eigenvalue weighted by Gasteiger charge is -2.32. The summed E-state index contributed by atoms with van der Waals surface area (Å²) in [6.07, 6.45) is 5.80. The lowest BCUT2D eigenvalue weighted by molar-refractivity contribution is 0.0671. The lowest BCUT2D eigenvalue weighted by Crippen LogP contribution is -2.43. The topological polar surface area (TPSA) is 77.7 Å². The molecule has 7 nitrogen and oxygen atoms in total. The highest BCUT2D eigenvalue weighted by Crippen LogP contribution is 2.22. The first-order valence-corrected chi connectivity index (χ1v) is 11.4. The first kappa shape index (κ1) is 26.9. The maximum absolute atomic E-state index is 10.8. The second-order valence-corrected chi connectivity index (χ2v) is 8.97. The first-order valence-electron chi connectivity index (χ1n) is 11.1. The summed E-state index contributed by atoms with van der Waals surface area (Å²) in [7, 11) is 1.84. The van der Waals surface area contributed by atoms with Gasteiger partial charge in [-0.2, -0.15) is 5.10 Å². The zero-order valence-electron chi connectivity index (χ0n) is 19.2. The molecule has 2 aromatic rings. The van der Waals surface area contributed by atoms with E-state index in [9.17, 15) is 5.11 Å². The highest BCUT2D eigenvalue weighted by Gasteiger charge is 2.25. The number of hydrogen-bond acceptors (Lipinski definition) is 4. The van der Waals surface area contributed by atoms with Crippen molar-refractivity contribution in [2.75, 3.05) is 32.7 Å². The highest BCUT2D eigenvalue weighted by molar-refractivity contribution is 14.0. The molecule has 0 bridgehead atoms. The summed E-state index contributed by atoms with van der Waals surface area (Å²) >= 11 is 6.31. The Balaban J connectivity index is 0.00000363. The van der Waals surface area contributed by atoms with Gasteiger partial charge in [0.05, 0.1) is 12.7 Å². The van der Waals surface area contributed by atoms with Crippen LogP contribution in [0, 0.1) is 5.92 Å². The van der Waals surface area contributed by atoms with Crippen LogP contribution in [0.15, 0.2) is 41.7 Å². The number of piperidine rings is 1. The molecule has 2 heterocycles. The first-order chi connectivity index (χ1) is 14.9. The number of rotatable bonds is 8. The van der Waals surface area contributed by atoms with Gasteiger partial charge in [-0.3, -0.25) is 9.58 Å². The van der Waals surface area contributed by atoms with Crippen molar-refractivity contribution >= 4 is 41.5 Å². The van der Waals surface area contributed by atoms with Gasteiger partial charge in [-0.15, -0.1) is 24.0 Å². The molecule has 3 N–H and O–H groups in total. The molecular weight excluding hydrogens is 539 g/mol. The Bertz CT molecular complexity index is 864. The summed E-state index contributed by atoms with van der Waals surface area (Å²) in [4.78, 5) is 7.09. The maximum atomic E-state index is 10.8. The summed E-state index contributed by atoms with van der Waals surface area (Å²) in [5.74, 6) is 1.34. The minimum Gasteiger partial charge on any atom is -0.383 e. The molecule has 9 heteroatoms. The normalized spacial score (nSPS) is 17.5. The molecule has 32 heavy (non-hydrogen) atoms. The third-order valence-electron chi connectivity index (χ3n) is 5.83. The van der Waals surface area contributed by atoms with E-state index in [0.29, 0.717) is 5.92 Å². The molecule has 1 saturated heterocycles. The van der Waals surface area contributed by atoms with Crippen molar-refractivity contribution in [2.45, 2.75) is 38.8 Å². The van der Waals surface area contributed by atoms with Crippen molar-refractivity contribution in [3.63, 3.8) is 0 Å². The van der Waals surface area contributed by atoms with Gasteiger partial charge < -0.3 is 15.7 Å². The molecule has 1 atom stereocenters. The molecule has 1 aromatic heterocycles. The standard InChI is InChI=1S/C23H35ClN6O.HI/c1-4-25-22(27-17-23(2,31)20-14-28-29(3)16-20)26-13-18-9-11-30(12-10-18)15-19-7-5-6-8-21(19)24;/h5-8,14,16,18,31H,4,9-13,15,17H2,1-3H3,(H2,25,26,27);1H. The van der Waals surface area contributed by atoms with Gasteiger partial charge in [-0.25, -0.2) is 4.99 Å². The molecule has 3 rings (SSSR count). The number of aliphatic imine (C=N–C) groups is 1. The van der Waals surface area contributed by atoms with Crippen molar-refractivity contribution in [2.24, 2.45) is 18.0 Å². The van der Waals surface area contributed by atoms with E-state index in [2.05, 4.69) is 31.7 Å². The number of halogens is 2. The predicted octanol–water partition coefficient (Wildman–Crippen LogP) is 3.37. The Morgan fingerprint density at radius 1 is 1.28 bits per heavy atom. The van der Waals surface area contributed by atoms with Gasteiger partial charge in [0, 0.05) is 43.5 Å². The molecule has 0 radical (unpaired) electrons. The van der Waals surface area contributed by atoms with Crippen molar-refractivity contribution in [1.82, 2.24) is 25.3 Å². The third kappa shape index (κ3) is 7.90. The van der Waals surface area contributed by atoms with Crippen LogP contribution in [0.1, 0.15) is 37.8 Å². The summed E-state index contributed by atoms with van der Waals surface area (Å²) in [5, 5.41) is 22.5. The van der Waals surface area contributed by atoms with Crippen molar-refractivity contribution in [1.29, 1.82) is 0 Å². The minimum absolute atomic E-state index is 0. The number of hydrogen-bond donors (Lipinski definition) is 3. The number of aromatic nitrogens is 2. The van der Waals surface area contributed by atoms with Crippen LogP contribution in [0.2, 0.25) is 5.02 Å². The third-order valence-corrected chi connectivity index (χ3v) is 6.20. The van der Waals surface area contributed by atoms with E-state index in [1.165, 1.54) is 5.56 Å². The fourth-order valence-corrected chi connectivity index (χ4v) is 4.02. The molecule has 1 aliphatic heterocycles. The SMILES string of the molecule is CCNC(=NCC(C)(O)c1cnn(C)c1)NCC1CCN(Cc2ccccc2Cl)CC1.I. The smallest absolute Gasteiger partial charge is 0.191 e. The molecule has 0 saturated carbocycles. The molecule has 1 unspecified atom stereocenters. The summed E-state index contributed by atoms with van der Waals surface area (Å²) in [5.41, 5.74) is 0.907. The van der Waals surface area contributed by atoms with Gasteiger partial charge >= 0.3 is 0 Å². The Morgan fingerprint density at radius 2 is 2.00 bits per heavy atom. The van der Waals surface area contributed by atoms with E-state index in [1.54, 1.807) is 17.8 Å². The monoisotopic (exact) mass is 574 g/mol. The van der Waals surface area contributed by atoms with Crippen molar-refractivity contribution in [3.05, 3.63) is 52.8 Å². The molecule has 0 amide bonds. The van der Waals surface area contributed by atoms with E-state index in [-0.39, 0.29) is 30.5 Å².